The number of likely N-dealkylation sites (N-methyl/N-ethyl adjacent to an activating group) is 1. The summed E-state index contributed by atoms with van der Waals surface area (Å²) in [5.41, 5.74) is 2.79. The maximum Gasteiger partial charge on any atom is 0.0208 e. The van der Waals surface area contributed by atoms with Crippen LogP contribution in [0.3, 0.4) is 0 Å². The van der Waals surface area contributed by atoms with Crippen LogP contribution >= 0.6 is 0 Å². The van der Waals surface area contributed by atoms with Crippen LogP contribution in [0.4, 0.5) is 0 Å². The summed E-state index contributed by atoms with van der Waals surface area (Å²) in [6.45, 7) is 13.3. The lowest BCUT2D eigenvalue weighted by Gasteiger charge is -2.23. The van der Waals surface area contributed by atoms with Crippen molar-refractivity contribution in [2.75, 3.05) is 19.6 Å². The Bertz CT molecular complexity index is 314. The Morgan fingerprint density at radius 2 is 1.56 bits per heavy atom. The van der Waals surface area contributed by atoms with Gasteiger partial charge in [0.05, 0.1) is 0 Å². The van der Waals surface area contributed by atoms with Gasteiger partial charge in [0.2, 0.25) is 0 Å². The molecule has 0 bridgehead atoms. The van der Waals surface area contributed by atoms with Crippen LogP contribution in [0.5, 0.6) is 0 Å². The first kappa shape index (κ1) is 15.2. The van der Waals surface area contributed by atoms with E-state index in [-0.39, 0.29) is 0 Å². The molecule has 0 aliphatic heterocycles. The third kappa shape index (κ3) is 5.19. The van der Waals surface area contributed by atoms with Crippen LogP contribution in [0.15, 0.2) is 24.3 Å². The van der Waals surface area contributed by atoms with Crippen LogP contribution in [-0.2, 0) is 13.0 Å². The molecule has 0 radical (unpaired) electrons. The third-order valence-electron chi connectivity index (χ3n) is 3.51. The highest BCUT2D eigenvalue weighted by Gasteiger charge is 2.06. The second-order valence-electron chi connectivity index (χ2n) is 4.94. The van der Waals surface area contributed by atoms with Gasteiger partial charge in [0, 0.05) is 19.1 Å². The molecule has 2 heteroatoms. The standard InChI is InChI=1S/C16H28N2/c1-5-15-8-10-16(11-9-15)12-17-14(4)13-18(6-2)7-3/h8-11,14,17H,5-7,12-13H2,1-4H3. The second kappa shape index (κ2) is 8.28. The van der Waals surface area contributed by atoms with Crippen LogP contribution in [-0.4, -0.2) is 30.6 Å². The smallest absolute Gasteiger partial charge is 0.0208 e. The maximum atomic E-state index is 3.59. The summed E-state index contributed by atoms with van der Waals surface area (Å²) >= 11 is 0. The fraction of sp³-hybridized carbons (Fsp3) is 0.625. The summed E-state index contributed by atoms with van der Waals surface area (Å²) in [5.74, 6) is 0. The van der Waals surface area contributed by atoms with Gasteiger partial charge in [-0.2, -0.15) is 0 Å². The first-order valence-electron chi connectivity index (χ1n) is 7.23. The van der Waals surface area contributed by atoms with E-state index in [9.17, 15) is 0 Å². The van der Waals surface area contributed by atoms with E-state index in [1.54, 1.807) is 0 Å². The van der Waals surface area contributed by atoms with Crippen molar-refractivity contribution in [2.45, 2.75) is 46.7 Å². The van der Waals surface area contributed by atoms with Crippen molar-refractivity contribution in [3.63, 3.8) is 0 Å². The number of hydrogen-bond acceptors (Lipinski definition) is 2. The first-order valence-corrected chi connectivity index (χ1v) is 7.23. The SMILES string of the molecule is CCc1ccc(CNC(C)CN(CC)CC)cc1. The molecule has 102 valence electrons. The predicted octanol–water partition coefficient (Wildman–Crippen LogP) is 3.07. The summed E-state index contributed by atoms with van der Waals surface area (Å²) < 4.78 is 0. The van der Waals surface area contributed by atoms with E-state index in [0.29, 0.717) is 6.04 Å². The van der Waals surface area contributed by atoms with Crippen LogP contribution < -0.4 is 5.32 Å². The molecule has 0 heterocycles. The van der Waals surface area contributed by atoms with Crippen LogP contribution in [0.1, 0.15) is 38.8 Å². The van der Waals surface area contributed by atoms with E-state index in [1.165, 1.54) is 11.1 Å². The molecule has 18 heavy (non-hydrogen) atoms. The van der Waals surface area contributed by atoms with Gasteiger partial charge in [-0.25, -0.2) is 0 Å². The molecule has 0 aliphatic carbocycles. The highest BCUT2D eigenvalue weighted by Crippen LogP contribution is 2.05. The van der Waals surface area contributed by atoms with Gasteiger partial charge in [-0.1, -0.05) is 45.0 Å². The molecule has 2 nitrogen and oxygen atoms in total. The van der Waals surface area contributed by atoms with Crippen molar-refractivity contribution in [3.8, 4) is 0 Å². The van der Waals surface area contributed by atoms with E-state index in [4.69, 9.17) is 0 Å². The van der Waals surface area contributed by atoms with Crippen LogP contribution in [0.25, 0.3) is 0 Å². The zero-order valence-corrected chi connectivity index (χ0v) is 12.4. The van der Waals surface area contributed by atoms with E-state index in [1.807, 2.05) is 0 Å². The van der Waals surface area contributed by atoms with E-state index < -0.39 is 0 Å². The van der Waals surface area contributed by atoms with Gasteiger partial charge in [-0.3, -0.25) is 0 Å². The molecule has 1 atom stereocenters. The molecule has 0 aromatic heterocycles. The molecule has 1 unspecified atom stereocenters. The Morgan fingerprint density at radius 3 is 2.06 bits per heavy atom. The Labute approximate surface area is 112 Å². The molecule has 1 N–H and O–H groups in total. The van der Waals surface area contributed by atoms with Gasteiger partial charge in [-0.05, 0) is 37.6 Å². The van der Waals surface area contributed by atoms with E-state index in [0.717, 1.165) is 32.6 Å². The second-order valence-corrected chi connectivity index (χ2v) is 4.94. The molecule has 0 saturated heterocycles. The minimum absolute atomic E-state index is 0.538. The highest BCUT2D eigenvalue weighted by molar-refractivity contribution is 5.22. The monoisotopic (exact) mass is 248 g/mol. The molecule has 0 saturated carbocycles. The zero-order valence-electron chi connectivity index (χ0n) is 12.4. The molecule has 0 aliphatic rings. The number of rotatable bonds is 8. The number of nitrogens with one attached hydrogen (secondary N) is 1. The quantitative estimate of drug-likeness (QED) is 0.760. The summed E-state index contributed by atoms with van der Waals surface area (Å²) in [6.07, 6.45) is 1.12. The van der Waals surface area contributed by atoms with Crippen molar-refractivity contribution in [1.82, 2.24) is 10.2 Å². The van der Waals surface area contributed by atoms with Gasteiger partial charge in [0.25, 0.3) is 0 Å². The highest BCUT2D eigenvalue weighted by atomic mass is 15.1. The van der Waals surface area contributed by atoms with E-state index >= 15 is 0 Å². The number of aryl methyl sites for hydroxylation is 1. The van der Waals surface area contributed by atoms with E-state index in [2.05, 4.69) is 62.2 Å². The van der Waals surface area contributed by atoms with Gasteiger partial charge in [-0.15, -0.1) is 0 Å². The molecule has 0 spiro atoms. The molecule has 0 amide bonds. The van der Waals surface area contributed by atoms with Crippen LogP contribution in [0.2, 0.25) is 0 Å². The molecule has 1 aromatic carbocycles. The fourth-order valence-corrected chi connectivity index (χ4v) is 2.12. The Balaban J connectivity index is 2.34. The first-order chi connectivity index (χ1) is 8.69. The largest absolute Gasteiger partial charge is 0.309 e. The topological polar surface area (TPSA) is 15.3 Å². The molecule has 0 fully saturated rings. The fourth-order valence-electron chi connectivity index (χ4n) is 2.12. The Hall–Kier alpha value is -0.860. The minimum atomic E-state index is 0.538. The van der Waals surface area contributed by atoms with Gasteiger partial charge < -0.3 is 10.2 Å². The molecule has 1 aromatic rings. The van der Waals surface area contributed by atoms with Gasteiger partial charge in [0.1, 0.15) is 0 Å². The van der Waals surface area contributed by atoms with Gasteiger partial charge in [0.15, 0.2) is 0 Å². The summed E-state index contributed by atoms with van der Waals surface area (Å²) in [4.78, 5) is 2.46. The molecular formula is C16H28N2. The van der Waals surface area contributed by atoms with Gasteiger partial charge >= 0.3 is 0 Å². The lowest BCUT2D eigenvalue weighted by molar-refractivity contribution is 0.270. The normalized spacial score (nSPS) is 12.9. The average molecular weight is 248 g/mol. The number of benzene rings is 1. The van der Waals surface area contributed by atoms with Crippen molar-refractivity contribution in [2.24, 2.45) is 0 Å². The molecular weight excluding hydrogens is 220 g/mol. The van der Waals surface area contributed by atoms with Crippen molar-refractivity contribution in [1.29, 1.82) is 0 Å². The average Bonchev–Trinajstić information content (AvgIpc) is 2.43. The lowest BCUT2D eigenvalue weighted by Crippen LogP contribution is -2.38. The predicted molar refractivity (Wildman–Crippen MR) is 79.9 cm³/mol. The summed E-state index contributed by atoms with van der Waals surface area (Å²) in [6, 6.07) is 9.46. The van der Waals surface area contributed by atoms with Crippen molar-refractivity contribution in [3.05, 3.63) is 35.4 Å². The zero-order chi connectivity index (χ0) is 13.4. The number of hydrogen-bond donors (Lipinski definition) is 1. The maximum absolute atomic E-state index is 3.59. The number of nitrogens with zero attached hydrogens (tertiary/aromatic N) is 1. The Kier molecular flexibility index (Phi) is 6.99. The van der Waals surface area contributed by atoms with Crippen molar-refractivity contribution < 1.29 is 0 Å². The summed E-state index contributed by atoms with van der Waals surface area (Å²) in [7, 11) is 0. The van der Waals surface area contributed by atoms with Crippen molar-refractivity contribution >= 4 is 0 Å². The summed E-state index contributed by atoms with van der Waals surface area (Å²) in [5, 5.41) is 3.59. The minimum Gasteiger partial charge on any atom is -0.309 e. The lowest BCUT2D eigenvalue weighted by atomic mass is 10.1. The Morgan fingerprint density at radius 1 is 1.00 bits per heavy atom. The molecule has 1 rings (SSSR count). The third-order valence-corrected chi connectivity index (χ3v) is 3.51. The van der Waals surface area contributed by atoms with Crippen LogP contribution in [0, 0.1) is 0 Å².